The van der Waals surface area contributed by atoms with E-state index < -0.39 is 21.6 Å². The maximum atomic E-state index is 12.6. The highest BCUT2D eigenvalue weighted by Gasteiger charge is 2.24. The number of hydrogen-bond donors (Lipinski definition) is 2. The lowest BCUT2D eigenvalue weighted by Gasteiger charge is -2.25. The molecule has 2 rings (SSSR count). The van der Waals surface area contributed by atoms with E-state index in [1.165, 1.54) is 0 Å². The maximum absolute atomic E-state index is 12.6. The molecular formula is C24H42N4O4S4. The number of aromatic nitrogens is 4. The minimum absolute atomic E-state index is 0.0755. The lowest BCUT2D eigenvalue weighted by Crippen LogP contribution is -2.31. The van der Waals surface area contributed by atoms with E-state index in [0.29, 0.717) is 72.1 Å². The van der Waals surface area contributed by atoms with Crippen LogP contribution in [0, 0.1) is 10.8 Å². The van der Waals surface area contributed by atoms with Crippen molar-refractivity contribution in [3.8, 4) is 0 Å². The average Bonchev–Trinajstić information content (AvgIpc) is 3.23. The normalized spacial score (nSPS) is 14.3. The molecule has 2 heterocycles. The van der Waals surface area contributed by atoms with Crippen LogP contribution >= 0.6 is 25.3 Å². The van der Waals surface area contributed by atoms with Crippen LogP contribution in [0.3, 0.4) is 0 Å². The molecule has 2 aromatic heterocycles. The molecule has 0 fully saturated rings. The quantitative estimate of drug-likeness (QED) is 0.318. The van der Waals surface area contributed by atoms with Crippen molar-refractivity contribution in [3.05, 3.63) is 33.4 Å². The molecule has 2 atom stereocenters. The summed E-state index contributed by atoms with van der Waals surface area (Å²) >= 11 is 8.86. The first-order valence-electron chi connectivity index (χ1n) is 12.4. The predicted octanol–water partition coefficient (Wildman–Crippen LogP) is 3.26. The topological polar surface area (TPSA) is 88.0 Å². The Hall–Kier alpha value is -0.980. The summed E-state index contributed by atoms with van der Waals surface area (Å²) in [5.74, 6) is 1.80. The molecule has 0 amide bonds. The summed E-state index contributed by atoms with van der Waals surface area (Å²) in [6.07, 6.45) is 4.86. The van der Waals surface area contributed by atoms with Gasteiger partial charge in [0.05, 0.1) is 10.1 Å². The van der Waals surface area contributed by atoms with Crippen LogP contribution in [0.1, 0.15) is 54.4 Å². The number of thiol groups is 2. The van der Waals surface area contributed by atoms with Gasteiger partial charge in [-0.15, -0.1) is 25.3 Å². The zero-order chi connectivity index (χ0) is 27.3. The minimum atomic E-state index is -1.08. The molecule has 36 heavy (non-hydrogen) atoms. The van der Waals surface area contributed by atoms with Gasteiger partial charge in [0.1, 0.15) is 0 Å². The summed E-state index contributed by atoms with van der Waals surface area (Å²) < 4.78 is 31.8. The second-order valence-electron chi connectivity index (χ2n) is 10.8. The van der Waals surface area contributed by atoms with Gasteiger partial charge in [-0.25, -0.2) is 9.59 Å². The fourth-order valence-corrected chi connectivity index (χ4v) is 8.02. The highest BCUT2D eigenvalue weighted by molar-refractivity contribution is 7.88. The van der Waals surface area contributed by atoms with Gasteiger partial charge in [-0.3, -0.25) is 26.7 Å². The monoisotopic (exact) mass is 578 g/mol. The highest BCUT2D eigenvalue weighted by atomic mass is 32.2. The van der Waals surface area contributed by atoms with Crippen LogP contribution < -0.4 is 11.4 Å². The van der Waals surface area contributed by atoms with E-state index in [0.717, 1.165) is 0 Å². The standard InChI is InChI=1S/C24H42N4O4S4/c1-7-25-15-19(33)27(21(25)29)17-23(3,4)9-11-35(31)13-14-36(32)12-10-24(5,6)18-28-20(34)16-26(8-2)22(28)30/h15-16,33-34H,7-14,17-18H2,1-6H3. The zero-order valence-corrected chi connectivity index (χ0v) is 25.8. The predicted molar refractivity (Wildman–Crippen MR) is 156 cm³/mol. The molecule has 0 aliphatic carbocycles. The second kappa shape index (κ2) is 13.2. The van der Waals surface area contributed by atoms with Crippen molar-refractivity contribution in [3.63, 3.8) is 0 Å². The molecular weight excluding hydrogens is 537 g/mol. The Morgan fingerprint density at radius 3 is 1.31 bits per heavy atom. The molecule has 8 nitrogen and oxygen atoms in total. The van der Waals surface area contributed by atoms with Crippen LogP contribution in [-0.2, 0) is 47.8 Å². The summed E-state index contributed by atoms with van der Waals surface area (Å²) in [6.45, 7) is 14.3. The van der Waals surface area contributed by atoms with Gasteiger partial charge < -0.3 is 0 Å². The van der Waals surface area contributed by atoms with Crippen LogP contribution in [0.25, 0.3) is 0 Å². The van der Waals surface area contributed by atoms with Crippen LogP contribution in [0.15, 0.2) is 32.0 Å². The summed E-state index contributed by atoms with van der Waals surface area (Å²) in [6, 6.07) is 0. The lowest BCUT2D eigenvalue weighted by molar-refractivity contribution is 0.282. The number of imidazole rings is 2. The molecule has 0 bridgehead atoms. The Labute approximate surface area is 230 Å². The number of nitrogens with zero attached hydrogens (tertiary/aromatic N) is 4. The smallest absolute Gasteiger partial charge is 0.298 e. The maximum Gasteiger partial charge on any atom is 0.329 e. The van der Waals surface area contributed by atoms with Gasteiger partial charge in [-0.1, -0.05) is 27.7 Å². The van der Waals surface area contributed by atoms with Crippen LogP contribution in [0.4, 0.5) is 0 Å². The Bertz CT molecular complexity index is 1100. The van der Waals surface area contributed by atoms with Gasteiger partial charge in [-0.2, -0.15) is 0 Å². The van der Waals surface area contributed by atoms with E-state index in [1.54, 1.807) is 30.7 Å². The molecule has 12 heteroatoms. The van der Waals surface area contributed by atoms with Crippen molar-refractivity contribution < 1.29 is 8.42 Å². The van der Waals surface area contributed by atoms with Crippen molar-refractivity contribution in [2.24, 2.45) is 10.8 Å². The van der Waals surface area contributed by atoms with Gasteiger partial charge in [0, 0.05) is 83.2 Å². The lowest BCUT2D eigenvalue weighted by atomic mass is 9.90. The van der Waals surface area contributed by atoms with Gasteiger partial charge in [0.15, 0.2) is 0 Å². The van der Waals surface area contributed by atoms with E-state index in [-0.39, 0.29) is 22.2 Å². The van der Waals surface area contributed by atoms with E-state index >= 15 is 0 Å². The SMILES string of the molecule is CCn1cc(S)n(CC(C)(C)CCS(=O)CCS(=O)CCC(C)(C)Cn2c(S)cn(CC)c2=O)c1=O. The fourth-order valence-electron chi connectivity index (χ4n) is 3.97. The van der Waals surface area contributed by atoms with Gasteiger partial charge in [-0.05, 0) is 37.5 Å². The summed E-state index contributed by atoms with van der Waals surface area (Å²) in [5, 5.41) is 1.26. The first-order chi connectivity index (χ1) is 16.7. The number of hydrogen-bond acceptors (Lipinski definition) is 6. The largest absolute Gasteiger partial charge is 0.329 e. The Morgan fingerprint density at radius 1 is 0.694 bits per heavy atom. The molecule has 0 radical (unpaired) electrons. The van der Waals surface area contributed by atoms with Crippen molar-refractivity contribution >= 4 is 46.9 Å². The highest BCUT2D eigenvalue weighted by Crippen LogP contribution is 2.25. The minimum Gasteiger partial charge on any atom is -0.298 e. The van der Waals surface area contributed by atoms with E-state index in [2.05, 4.69) is 53.0 Å². The molecule has 2 aromatic rings. The molecule has 206 valence electrons. The Kier molecular flexibility index (Phi) is 11.4. The Balaban J connectivity index is 1.79. The third kappa shape index (κ3) is 8.80. The van der Waals surface area contributed by atoms with Crippen molar-refractivity contribution in [1.29, 1.82) is 0 Å². The molecule has 0 aromatic carbocycles. The molecule has 2 unspecified atom stereocenters. The van der Waals surface area contributed by atoms with Crippen LogP contribution in [0.2, 0.25) is 0 Å². The van der Waals surface area contributed by atoms with Gasteiger partial charge >= 0.3 is 11.4 Å². The van der Waals surface area contributed by atoms with Crippen LogP contribution in [0.5, 0.6) is 0 Å². The fraction of sp³-hybridized carbons (Fsp3) is 0.750. The van der Waals surface area contributed by atoms with E-state index in [4.69, 9.17) is 0 Å². The van der Waals surface area contributed by atoms with E-state index in [1.807, 2.05) is 13.8 Å². The van der Waals surface area contributed by atoms with Gasteiger partial charge in [0.25, 0.3) is 0 Å². The second-order valence-corrected chi connectivity index (χ2v) is 15.1. The number of aryl methyl sites for hydroxylation is 2. The average molecular weight is 579 g/mol. The molecule has 0 spiro atoms. The molecule has 0 aliphatic rings. The third-order valence-electron chi connectivity index (χ3n) is 6.45. The summed E-state index contributed by atoms with van der Waals surface area (Å²) in [5.41, 5.74) is -0.594. The van der Waals surface area contributed by atoms with Crippen LogP contribution in [-0.4, -0.2) is 49.7 Å². The summed E-state index contributed by atoms with van der Waals surface area (Å²) in [7, 11) is -2.15. The van der Waals surface area contributed by atoms with Crippen molar-refractivity contribution in [2.45, 2.75) is 90.6 Å². The van der Waals surface area contributed by atoms with Gasteiger partial charge in [0.2, 0.25) is 0 Å². The molecule has 0 saturated heterocycles. The Morgan fingerprint density at radius 2 is 1.03 bits per heavy atom. The third-order valence-corrected chi connectivity index (χ3v) is 10.1. The molecule has 0 N–H and O–H groups in total. The van der Waals surface area contributed by atoms with E-state index in [9.17, 15) is 18.0 Å². The zero-order valence-electron chi connectivity index (χ0n) is 22.4. The van der Waals surface area contributed by atoms with Crippen molar-refractivity contribution in [1.82, 2.24) is 18.3 Å². The first kappa shape index (κ1) is 31.2. The molecule has 0 saturated carbocycles. The van der Waals surface area contributed by atoms with Crippen molar-refractivity contribution in [2.75, 3.05) is 23.0 Å². The summed E-state index contributed by atoms with van der Waals surface area (Å²) in [4.78, 5) is 24.9. The number of rotatable bonds is 15. The first-order valence-corrected chi connectivity index (χ1v) is 16.2. The molecule has 0 aliphatic heterocycles.